The van der Waals surface area contributed by atoms with E-state index in [0.717, 1.165) is 10.6 Å². The van der Waals surface area contributed by atoms with E-state index in [9.17, 15) is 9.18 Å². The number of rotatable bonds is 6. The van der Waals surface area contributed by atoms with Gasteiger partial charge in [0.05, 0.1) is 16.8 Å². The lowest BCUT2D eigenvalue weighted by Gasteiger charge is -2.11. The zero-order valence-corrected chi connectivity index (χ0v) is 16.9. The summed E-state index contributed by atoms with van der Waals surface area (Å²) in [7, 11) is 0. The van der Waals surface area contributed by atoms with Crippen LogP contribution in [0.3, 0.4) is 0 Å². The average molecular weight is 427 g/mol. The Kier molecular flexibility index (Phi) is 5.63. The highest BCUT2D eigenvalue weighted by molar-refractivity contribution is 7.98. The standard InChI is InChI=1S/C19H15FN6OS2/c1-12-23-24-25-26(12)17-8-13(6-7-16(17)20)22-19(27)15-4-2-3-5-18(15)29-10-14-9-28-11-21-14/h2-9,11H,10H2,1H3,(H,22,27). The molecule has 29 heavy (non-hydrogen) atoms. The summed E-state index contributed by atoms with van der Waals surface area (Å²) >= 11 is 3.08. The minimum absolute atomic E-state index is 0.163. The molecular weight excluding hydrogens is 411 g/mol. The van der Waals surface area contributed by atoms with Gasteiger partial charge in [-0.05, 0) is 47.7 Å². The number of benzene rings is 2. The van der Waals surface area contributed by atoms with Crippen molar-refractivity contribution in [1.29, 1.82) is 0 Å². The van der Waals surface area contributed by atoms with Gasteiger partial charge in [-0.2, -0.15) is 4.68 Å². The maximum atomic E-state index is 14.2. The summed E-state index contributed by atoms with van der Waals surface area (Å²) in [5.74, 6) is 0.346. The molecule has 2 aromatic carbocycles. The minimum atomic E-state index is -0.488. The number of amides is 1. The molecule has 0 saturated carbocycles. The molecule has 0 bridgehead atoms. The van der Waals surface area contributed by atoms with Crippen LogP contribution in [0.25, 0.3) is 5.69 Å². The second kappa shape index (κ2) is 8.50. The van der Waals surface area contributed by atoms with Crippen molar-refractivity contribution in [1.82, 2.24) is 25.2 Å². The van der Waals surface area contributed by atoms with Gasteiger partial charge in [0.2, 0.25) is 0 Å². The third-order valence-corrected chi connectivity index (χ3v) is 5.79. The smallest absolute Gasteiger partial charge is 0.256 e. The molecule has 0 unspecified atom stereocenters. The first-order chi connectivity index (χ1) is 14.1. The highest BCUT2D eigenvalue weighted by atomic mass is 32.2. The molecule has 4 aromatic rings. The first-order valence-electron chi connectivity index (χ1n) is 8.57. The molecule has 0 fully saturated rings. The number of aromatic nitrogens is 5. The molecule has 0 spiro atoms. The third kappa shape index (κ3) is 4.33. The van der Waals surface area contributed by atoms with E-state index >= 15 is 0 Å². The van der Waals surface area contributed by atoms with Gasteiger partial charge < -0.3 is 5.32 Å². The number of aryl methyl sites for hydroxylation is 1. The molecule has 0 aliphatic carbocycles. The number of carbonyl (C=O) groups is 1. The van der Waals surface area contributed by atoms with Crippen LogP contribution in [-0.2, 0) is 5.75 Å². The molecule has 0 saturated heterocycles. The van der Waals surface area contributed by atoms with E-state index in [1.165, 1.54) is 34.2 Å². The number of nitrogens with one attached hydrogen (secondary N) is 1. The van der Waals surface area contributed by atoms with E-state index in [4.69, 9.17) is 0 Å². The number of halogens is 1. The van der Waals surface area contributed by atoms with Gasteiger partial charge in [-0.15, -0.1) is 28.2 Å². The summed E-state index contributed by atoms with van der Waals surface area (Å²) in [5.41, 5.74) is 3.90. The Morgan fingerprint density at radius 3 is 2.90 bits per heavy atom. The van der Waals surface area contributed by atoms with Crippen molar-refractivity contribution in [2.24, 2.45) is 0 Å². The first kappa shape index (κ1) is 19.2. The molecule has 2 aromatic heterocycles. The van der Waals surface area contributed by atoms with Crippen molar-refractivity contribution in [2.75, 3.05) is 5.32 Å². The molecule has 0 aliphatic heterocycles. The van der Waals surface area contributed by atoms with E-state index in [-0.39, 0.29) is 11.6 Å². The molecular formula is C19H15FN6OS2. The third-order valence-electron chi connectivity index (χ3n) is 4.05. The van der Waals surface area contributed by atoms with Crippen LogP contribution in [-0.4, -0.2) is 31.1 Å². The van der Waals surface area contributed by atoms with Gasteiger partial charge >= 0.3 is 0 Å². The van der Waals surface area contributed by atoms with Crippen molar-refractivity contribution in [3.05, 3.63) is 76.3 Å². The number of hydrogen-bond acceptors (Lipinski definition) is 7. The molecule has 0 aliphatic rings. The fraction of sp³-hybridized carbons (Fsp3) is 0.105. The van der Waals surface area contributed by atoms with Crippen LogP contribution >= 0.6 is 23.1 Å². The number of carbonyl (C=O) groups excluding carboxylic acids is 1. The van der Waals surface area contributed by atoms with Gasteiger partial charge in [-0.3, -0.25) is 4.79 Å². The van der Waals surface area contributed by atoms with Crippen molar-refractivity contribution >= 4 is 34.7 Å². The SMILES string of the molecule is Cc1nnnn1-c1cc(NC(=O)c2ccccc2SCc2cscn2)ccc1F. The number of thiazole rings is 1. The second-order valence-corrected chi connectivity index (χ2v) is 7.76. The van der Waals surface area contributed by atoms with Crippen LogP contribution < -0.4 is 5.32 Å². The van der Waals surface area contributed by atoms with E-state index < -0.39 is 5.82 Å². The summed E-state index contributed by atoms with van der Waals surface area (Å²) in [4.78, 5) is 18.0. The highest BCUT2D eigenvalue weighted by Crippen LogP contribution is 2.27. The van der Waals surface area contributed by atoms with E-state index in [1.807, 2.05) is 23.6 Å². The Morgan fingerprint density at radius 2 is 2.14 bits per heavy atom. The first-order valence-corrected chi connectivity index (χ1v) is 10.5. The Morgan fingerprint density at radius 1 is 1.28 bits per heavy atom. The van der Waals surface area contributed by atoms with Gasteiger partial charge in [-0.25, -0.2) is 9.37 Å². The number of nitrogens with zero attached hydrogens (tertiary/aromatic N) is 5. The van der Waals surface area contributed by atoms with Crippen LogP contribution in [0.2, 0.25) is 0 Å². The van der Waals surface area contributed by atoms with Crippen LogP contribution in [0.4, 0.5) is 10.1 Å². The lowest BCUT2D eigenvalue weighted by atomic mass is 10.2. The molecule has 1 amide bonds. The van der Waals surface area contributed by atoms with Gasteiger partial charge in [0, 0.05) is 21.7 Å². The van der Waals surface area contributed by atoms with Crippen molar-refractivity contribution in [2.45, 2.75) is 17.6 Å². The van der Waals surface area contributed by atoms with Crippen LogP contribution in [0.5, 0.6) is 0 Å². The molecule has 4 rings (SSSR count). The Hall–Kier alpha value is -3.11. The average Bonchev–Trinajstić information content (AvgIpc) is 3.40. The maximum absolute atomic E-state index is 14.2. The van der Waals surface area contributed by atoms with Gasteiger partial charge in [0.15, 0.2) is 5.82 Å². The molecule has 1 N–H and O–H groups in total. The second-order valence-electron chi connectivity index (χ2n) is 6.02. The van der Waals surface area contributed by atoms with E-state index in [0.29, 0.717) is 22.8 Å². The largest absolute Gasteiger partial charge is 0.322 e. The zero-order valence-electron chi connectivity index (χ0n) is 15.2. The molecule has 10 heteroatoms. The molecule has 0 radical (unpaired) electrons. The summed E-state index contributed by atoms with van der Waals surface area (Å²) in [6.45, 7) is 1.67. The molecule has 0 atom stereocenters. The Balaban J connectivity index is 1.55. The lowest BCUT2D eigenvalue weighted by molar-refractivity contribution is 0.102. The van der Waals surface area contributed by atoms with Crippen molar-refractivity contribution < 1.29 is 9.18 Å². The van der Waals surface area contributed by atoms with E-state index in [2.05, 4.69) is 25.8 Å². The molecule has 7 nitrogen and oxygen atoms in total. The predicted molar refractivity (Wildman–Crippen MR) is 110 cm³/mol. The highest BCUT2D eigenvalue weighted by Gasteiger charge is 2.15. The Bertz CT molecular complexity index is 1150. The monoisotopic (exact) mass is 426 g/mol. The number of anilines is 1. The van der Waals surface area contributed by atoms with Crippen LogP contribution in [0, 0.1) is 12.7 Å². The van der Waals surface area contributed by atoms with Crippen LogP contribution in [0.15, 0.2) is 58.3 Å². The topological polar surface area (TPSA) is 85.6 Å². The predicted octanol–water partition coefficient (Wildman–Crippen LogP) is 4.11. The fourth-order valence-corrected chi connectivity index (χ4v) is 4.26. The quantitative estimate of drug-likeness (QED) is 0.467. The van der Waals surface area contributed by atoms with Crippen molar-refractivity contribution in [3.8, 4) is 5.69 Å². The van der Waals surface area contributed by atoms with Crippen molar-refractivity contribution in [3.63, 3.8) is 0 Å². The van der Waals surface area contributed by atoms with E-state index in [1.54, 1.807) is 30.3 Å². The van der Waals surface area contributed by atoms with Gasteiger partial charge in [0.25, 0.3) is 5.91 Å². The maximum Gasteiger partial charge on any atom is 0.256 e. The fourth-order valence-electron chi connectivity index (χ4n) is 2.65. The molecule has 146 valence electrons. The number of tetrazole rings is 1. The van der Waals surface area contributed by atoms with Gasteiger partial charge in [0.1, 0.15) is 11.5 Å². The summed E-state index contributed by atoms with van der Waals surface area (Å²) in [6, 6.07) is 11.6. The summed E-state index contributed by atoms with van der Waals surface area (Å²) in [5, 5.41) is 15.9. The number of hydrogen-bond donors (Lipinski definition) is 1. The number of thioether (sulfide) groups is 1. The minimum Gasteiger partial charge on any atom is -0.322 e. The zero-order chi connectivity index (χ0) is 20.2. The lowest BCUT2D eigenvalue weighted by Crippen LogP contribution is -2.14. The van der Waals surface area contributed by atoms with Crippen LogP contribution in [0.1, 0.15) is 21.9 Å². The van der Waals surface area contributed by atoms with Gasteiger partial charge in [-0.1, -0.05) is 12.1 Å². The Labute approximate surface area is 174 Å². The molecule has 2 heterocycles. The summed E-state index contributed by atoms with van der Waals surface area (Å²) < 4.78 is 15.5. The normalized spacial score (nSPS) is 10.8. The summed E-state index contributed by atoms with van der Waals surface area (Å²) in [6.07, 6.45) is 0.